The molecule has 2 amide bonds. The van der Waals surface area contributed by atoms with Crippen molar-refractivity contribution in [2.24, 2.45) is 0 Å². The molecule has 0 saturated carbocycles. The van der Waals surface area contributed by atoms with Crippen molar-refractivity contribution in [1.29, 1.82) is 0 Å². The molecular formula is C16H24N3O3+. The minimum Gasteiger partial charge on any atom is -0.364 e. The maximum atomic E-state index is 12.1. The number of anilines is 2. The first kappa shape index (κ1) is 16.5. The highest BCUT2D eigenvalue weighted by Crippen LogP contribution is 2.13. The van der Waals surface area contributed by atoms with Crippen LogP contribution in [0.4, 0.5) is 11.4 Å². The van der Waals surface area contributed by atoms with Gasteiger partial charge in [-0.3, -0.25) is 9.59 Å². The Morgan fingerprint density at radius 1 is 1.09 bits per heavy atom. The van der Waals surface area contributed by atoms with Gasteiger partial charge < -0.3 is 20.3 Å². The number of ether oxygens (including phenoxy) is 1. The number of carbonyl (C=O) groups excluding carboxylic acids is 2. The van der Waals surface area contributed by atoms with Crippen LogP contribution >= 0.6 is 0 Å². The van der Waals surface area contributed by atoms with Crippen molar-refractivity contribution in [3.63, 3.8) is 0 Å². The summed E-state index contributed by atoms with van der Waals surface area (Å²) >= 11 is 0. The molecule has 1 aromatic rings. The van der Waals surface area contributed by atoms with E-state index in [2.05, 4.69) is 10.6 Å². The zero-order valence-corrected chi connectivity index (χ0v) is 13.3. The molecule has 1 aliphatic rings. The van der Waals surface area contributed by atoms with E-state index in [-0.39, 0.29) is 24.0 Å². The minimum absolute atomic E-state index is 0.0106. The fraction of sp³-hybridized carbons (Fsp3) is 0.500. The van der Waals surface area contributed by atoms with Crippen LogP contribution in [-0.2, 0) is 14.3 Å². The van der Waals surface area contributed by atoms with Gasteiger partial charge in [0, 0.05) is 18.3 Å². The summed E-state index contributed by atoms with van der Waals surface area (Å²) in [6.45, 7) is 7.66. The summed E-state index contributed by atoms with van der Waals surface area (Å²) in [5.41, 5.74) is 1.44. The van der Waals surface area contributed by atoms with Crippen molar-refractivity contribution >= 4 is 23.2 Å². The summed E-state index contributed by atoms with van der Waals surface area (Å²) < 4.78 is 5.67. The molecule has 2 atom stereocenters. The molecule has 0 bridgehead atoms. The number of hydrogen-bond donors (Lipinski definition) is 3. The number of nitrogens with one attached hydrogen (secondary N) is 3. The zero-order valence-electron chi connectivity index (χ0n) is 13.3. The van der Waals surface area contributed by atoms with Crippen LogP contribution in [0.3, 0.4) is 0 Å². The monoisotopic (exact) mass is 306 g/mol. The Hall–Kier alpha value is -1.92. The normalized spacial score (nSPS) is 24.6. The Kier molecular flexibility index (Phi) is 5.51. The summed E-state index contributed by atoms with van der Waals surface area (Å²) in [6.07, 6.45) is 0.368. The molecule has 1 fully saturated rings. The summed E-state index contributed by atoms with van der Waals surface area (Å²) in [5, 5.41) is 5.58. The Balaban J connectivity index is 1.85. The SMILES string of the molecule is CC(=O)Nc1ccc(NC(=O)C[NH+]2C[C@@H](C)O[C@H](C)C2)cc1. The highest BCUT2D eigenvalue weighted by atomic mass is 16.5. The Bertz CT molecular complexity index is 520. The second kappa shape index (κ2) is 7.38. The van der Waals surface area contributed by atoms with Gasteiger partial charge in [-0.2, -0.15) is 0 Å². The molecule has 6 nitrogen and oxygen atoms in total. The molecule has 6 heteroatoms. The van der Waals surface area contributed by atoms with Gasteiger partial charge in [0.05, 0.1) is 0 Å². The smallest absolute Gasteiger partial charge is 0.279 e. The van der Waals surface area contributed by atoms with Crippen LogP contribution in [0.1, 0.15) is 20.8 Å². The van der Waals surface area contributed by atoms with Crippen molar-refractivity contribution in [2.45, 2.75) is 33.0 Å². The van der Waals surface area contributed by atoms with E-state index >= 15 is 0 Å². The van der Waals surface area contributed by atoms with Crippen LogP contribution in [-0.4, -0.2) is 43.7 Å². The molecule has 0 radical (unpaired) electrons. The first-order chi connectivity index (χ1) is 10.4. The highest BCUT2D eigenvalue weighted by molar-refractivity contribution is 5.92. The lowest BCUT2D eigenvalue weighted by molar-refractivity contribution is -0.907. The van der Waals surface area contributed by atoms with Crippen molar-refractivity contribution in [1.82, 2.24) is 0 Å². The Morgan fingerprint density at radius 2 is 1.59 bits per heavy atom. The fourth-order valence-corrected chi connectivity index (χ4v) is 2.81. The molecule has 0 unspecified atom stereocenters. The van der Waals surface area contributed by atoms with Crippen LogP contribution in [0.2, 0.25) is 0 Å². The van der Waals surface area contributed by atoms with Crippen LogP contribution in [0.25, 0.3) is 0 Å². The van der Waals surface area contributed by atoms with E-state index < -0.39 is 0 Å². The number of morpholine rings is 1. The molecule has 1 aromatic carbocycles. The van der Waals surface area contributed by atoms with Crippen molar-refractivity contribution < 1.29 is 19.2 Å². The van der Waals surface area contributed by atoms with E-state index in [4.69, 9.17) is 4.74 Å². The van der Waals surface area contributed by atoms with E-state index in [1.807, 2.05) is 13.8 Å². The average molecular weight is 306 g/mol. The predicted molar refractivity (Wildman–Crippen MR) is 84.9 cm³/mol. The lowest BCUT2D eigenvalue weighted by Crippen LogP contribution is -3.16. The lowest BCUT2D eigenvalue weighted by Gasteiger charge is -2.31. The fourth-order valence-electron chi connectivity index (χ4n) is 2.81. The molecule has 0 spiro atoms. The third kappa shape index (κ3) is 5.13. The number of benzene rings is 1. The highest BCUT2D eigenvalue weighted by Gasteiger charge is 2.27. The standard InChI is InChI=1S/C16H23N3O3/c1-11-8-19(9-12(2)22-11)10-16(21)18-15-6-4-14(5-7-15)17-13(3)20/h4-7,11-12H,8-10H2,1-3H3,(H,17,20)(H,18,21)/p+1/t11-,12-/m1/s1. The molecule has 1 heterocycles. The maximum Gasteiger partial charge on any atom is 0.279 e. The molecule has 120 valence electrons. The molecule has 0 aromatic heterocycles. The van der Waals surface area contributed by atoms with E-state index in [9.17, 15) is 9.59 Å². The van der Waals surface area contributed by atoms with Gasteiger partial charge in [-0.1, -0.05) is 0 Å². The molecule has 1 saturated heterocycles. The van der Waals surface area contributed by atoms with Gasteiger partial charge in [-0.25, -0.2) is 0 Å². The van der Waals surface area contributed by atoms with Gasteiger partial charge in [0.15, 0.2) is 6.54 Å². The molecule has 0 aliphatic carbocycles. The summed E-state index contributed by atoms with van der Waals surface area (Å²) in [4.78, 5) is 24.3. The maximum absolute atomic E-state index is 12.1. The van der Waals surface area contributed by atoms with Crippen LogP contribution in [0.5, 0.6) is 0 Å². The van der Waals surface area contributed by atoms with Crippen molar-refractivity contribution in [3.05, 3.63) is 24.3 Å². The summed E-state index contributed by atoms with van der Waals surface area (Å²) in [6, 6.07) is 7.09. The third-order valence-corrected chi connectivity index (χ3v) is 3.52. The number of rotatable bonds is 4. The number of quaternary nitrogens is 1. The van der Waals surface area contributed by atoms with Crippen LogP contribution in [0.15, 0.2) is 24.3 Å². The average Bonchev–Trinajstić information content (AvgIpc) is 2.39. The van der Waals surface area contributed by atoms with Gasteiger partial charge in [0.25, 0.3) is 5.91 Å². The van der Waals surface area contributed by atoms with E-state index in [0.717, 1.165) is 18.8 Å². The number of carbonyl (C=O) groups is 2. The van der Waals surface area contributed by atoms with E-state index in [1.54, 1.807) is 24.3 Å². The van der Waals surface area contributed by atoms with E-state index in [0.29, 0.717) is 12.2 Å². The second-order valence-electron chi connectivity index (χ2n) is 5.90. The number of amides is 2. The van der Waals surface area contributed by atoms with Crippen LogP contribution in [0, 0.1) is 0 Å². The van der Waals surface area contributed by atoms with Crippen molar-refractivity contribution in [2.75, 3.05) is 30.3 Å². The lowest BCUT2D eigenvalue weighted by atomic mass is 10.2. The summed E-state index contributed by atoms with van der Waals surface area (Å²) in [5.74, 6) is -0.125. The second-order valence-corrected chi connectivity index (χ2v) is 5.90. The van der Waals surface area contributed by atoms with Gasteiger partial charge in [0.1, 0.15) is 25.3 Å². The molecule has 3 N–H and O–H groups in total. The molecule has 1 aliphatic heterocycles. The summed E-state index contributed by atoms with van der Waals surface area (Å²) in [7, 11) is 0. The van der Waals surface area contributed by atoms with Gasteiger partial charge in [-0.15, -0.1) is 0 Å². The molecular weight excluding hydrogens is 282 g/mol. The Labute approximate surface area is 130 Å². The largest absolute Gasteiger partial charge is 0.364 e. The quantitative estimate of drug-likeness (QED) is 0.748. The number of hydrogen-bond acceptors (Lipinski definition) is 3. The van der Waals surface area contributed by atoms with Crippen molar-refractivity contribution in [3.8, 4) is 0 Å². The van der Waals surface area contributed by atoms with Gasteiger partial charge >= 0.3 is 0 Å². The first-order valence-electron chi connectivity index (χ1n) is 7.59. The topological polar surface area (TPSA) is 71.9 Å². The van der Waals surface area contributed by atoms with Gasteiger partial charge in [0.2, 0.25) is 5.91 Å². The van der Waals surface area contributed by atoms with Gasteiger partial charge in [-0.05, 0) is 38.1 Å². The van der Waals surface area contributed by atoms with E-state index in [1.165, 1.54) is 11.8 Å². The minimum atomic E-state index is -0.115. The predicted octanol–water partition coefficient (Wildman–Crippen LogP) is 0.276. The van der Waals surface area contributed by atoms with Crippen LogP contribution < -0.4 is 15.5 Å². The molecule has 22 heavy (non-hydrogen) atoms. The first-order valence-corrected chi connectivity index (χ1v) is 7.59. The zero-order chi connectivity index (χ0) is 16.1. The third-order valence-electron chi connectivity index (χ3n) is 3.52. The Morgan fingerprint density at radius 3 is 2.09 bits per heavy atom. The molecule has 2 rings (SSSR count).